The minimum absolute atomic E-state index is 0.562. The van der Waals surface area contributed by atoms with Gasteiger partial charge < -0.3 is 5.32 Å². The second kappa shape index (κ2) is 4.21. The average Bonchev–Trinajstić information content (AvgIpc) is 2.20. The Balaban J connectivity index is 1.90. The van der Waals surface area contributed by atoms with Crippen LogP contribution in [0.3, 0.4) is 0 Å². The molecule has 15 heavy (non-hydrogen) atoms. The minimum Gasteiger partial charge on any atom is -0.370 e. The van der Waals surface area contributed by atoms with Crippen LogP contribution >= 0.6 is 0 Å². The summed E-state index contributed by atoms with van der Waals surface area (Å²) in [6.07, 6.45) is 7.36. The van der Waals surface area contributed by atoms with E-state index in [9.17, 15) is 0 Å². The maximum Gasteiger partial charge on any atom is 0.125 e. The molecule has 2 nitrogen and oxygen atoms in total. The van der Waals surface area contributed by atoms with Crippen LogP contribution in [0, 0.1) is 12.3 Å². The number of aromatic nitrogens is 1. The quantitative estimate of drug-likeness (QED) is 0.813. The van der Waals surface area contributed by atoms with Crippen LogP contribution in [-0.4, -0.2) is 11.5 Å². The first-order valence-electron chi connectivity index (χ1n) is 5.91. The van der Waals surface area contributed by atoms with Crippen molar-refractivity contribution in [2.24, 2.45) is 5.41 Å². The standard InChI is InChI=1S/C13H20N2/c1-3-13(7-4-8-13)10-15-12-6-5-11(2)9-14-12/h5-6,9H,3-4,7-8,10H2,1-2H3,(H,14,15). The van der Waals surface area contributed by atoms with E-state index in [2.05, 4.69) is 36.3 Å². The molecule has 1 fully saturated rings. The SMILES string of the molecule is CCC1(CNc2ccc(C)cn2)CCC1. The normalized spacial score (nSPS) is 18.3. The van der Waals surface area contributed by atoms with Crippen molar-refractivity contribution < 1.29 is 0 Å². The third-order valence-corrected chi connectivity index (χ3v) is 3.72. The van der Waals surface area contributed by atoms with Gasteiger partial charge in [0.15, 0.2) is 0 Å². The van der Waals surface area contributed by atoms with Crippen molar-refractivity contribution in [2.75, 3.05) is 11.9 Å². The summed E-state index contributed by atoms with van der Waals surface area (Å²) in [5.41, 5.74) is 1.78. The molecule has 0 amide bonds. The van der Waals surface area contributed by atoms with Gasteiger partial charge in [0, 0.05) is 12.7 Å². The van der Waals surface area contributed by atoms with E-state index in [0.29, 0.717) is 5.41 Å². The Labute approximate surface area is 92.1 Å². The predicted octanol–water partition coefficient (Wildman–Crippen LogP) is 3.38. The third kappa shape index (κ3) is 2.31. The van der Waals surface area contributed by atoms with Crippen LogP contribution in [0.1, 0.15) is 38.2 Å². The van der Waals surface area contributed by atoms with E-state index in [1.54, 1.807) is 0 Å². The van der Waals surface area contributed by atoms with Gasteiger partial charge in [-0.1, -0.05) is 19.4 Å². The summed E-state index contributed by atoms with van der Waals surface area (Å²) < 4.78 is 0. The number of nitrogens with one attached hydrogen (secondary N) is 1. The van der Waals surface area contributed by atoms with Gasteiger partial charge in [-0.25, -0.2) is 4.98 Å². The van der Waals surface area contributed by atoms with Gasteiger partial charge in [-0.15, -0.1) is 0 Å². The Morgan fingerprint density at radius 2 is 2.20 bits per heavy atom. The first-order chi connectivity index (χ1) is 7.24. The van der Waals surface area contributed by atoms with Gasteiger partial charge in [0.2, 0.25) is 0 Å². The van der Waals surface area contributed by atoms with Gasteiger partial charge in [-0.05, 0) is 43.2 Å². The third-order valence-electron chi connectivity index (χ3n) is 3.72. The van der Waals surface area contributed by atoms with Gasteiger partial charge in [0.1, 0.15) is 5.82 Å². The summed E-state index contributed by atoms with van der Waals surface area (Å²) in [6, 6.07) is 4.17. The number of hydrogen-bond donors (Lipinski definition) is 1. The lowest BCUT2D eigenvalue weighted by Gasteiger charge is -2.41. The van der Waals surface area contributed by atoms with Gasteiger partial charge in [0.25, 0.3) is 0 Å². The highest BCUT2D eigenvalue weighted by Crippen LogP contribution is 2.43. The molecule has 1 saturated carbocycles. The van der Waals surface area contributed by atoms with Crippen molar-refractivity contribution >= 4 is 5.82 Å². The molecule has 1 aliphatic carbocycles. The summed E-state index contributed by atoms with van der Waals surface area (Å²) in [5.74, 6) is 1.01. The molecular formula is C13H20N2. The molecule has 1 aromatic rings. The number of anilines is 1. The number of pyridine rings is 1. The Morgan fingerprint density at radius 1 is 1.40 bits per heavy atom. The van der Waals surface area contributed by atoms with Crippen LogP contribution in [0.15, 0.2) is 18.3 Å². The molecule has 0 radical (unpaired) electrons. The lowest BCUT2D eigenvalue weighted by atomic mass is 9.67. The molecule has 1 aromatic heterocycles. The molecule has 1 heterocycles. The summed E-state index contributed by atoms with van der Waals surface area (Å²) in [5, 5.41) is 3.45. The highest BCUT2D eigenvalue weighted by molar-refractivity contribution is 5.35. The fourth-order valence-corrected chi connectivity index (χ4v) is 2.18. The molecule has 0 atom stereocenters. The Hall–Kier alpha value is -1.05. The van der Waals surface area contributed by atoms with Crippen LogP contribution in [0.5, 0.6) is 0 Å². The van der Waals surface area contributed by atoms with Crippen LogP contribution in [-0.2, 0) is 0 Å². The monoisotopic (exact) mass is 204 g/mol. The van der Waals surface area contributed by atoms with Crippen LogP contribution < -0.4 is 5.32 Å². The zero-order valence-electron chi connectivity index (χ0n) is 9.71. The van der Waals surface area contributed by atoms with Crippen LogP contribution in [0.2, 0.25) is 0 Å². The summed E-state index contributed by atoms with van der Waals surface area (Å²) in [4.78, 5) is 4.36. The summed E-state index contributed by atoms with van der Waals surface area (Å²) in [7, 11) is 0. The lowest BCUT2D eigenvalue weighted by molar-refractivity contribution is 0.145. The fourth-order valence-electron chi connectivity index (χ4n) is 2.18. The maximum atomic E-state index is 4.36. The highest BCUT2D eigenvalue weighted by Gasteiger charge is 2.34. The molecule has 0 unspecified atom stereocenters. The van der Waals surface area contributed by atoms with Crippen LogP contribution in [0.25, 0.3) is 0 Å². The predicted molar refractivity (Wildman–Crippen MR) is 64.0 cm³/mol. The second-order valence-electron chi connectivity index (χ2n) is 4.78. The van der Waals surface area contributed by atoms with Gasteiger partial charge >= 0.3 is 0 Å². The van der Waals surface area contributed by atoms with E-state index in [1.807, 2.05) is 6.20 Å². The van der Waals surface area contributed by atoms with E-state index in [4.69, 9.17) is 0 Å². The molecule has 82 valence electrons. The zero-order valence-corrected chi connectivity index (χ0v) is 9.71. The smallest absolute Gasteiger partial charge is 0.125 e. The van der Waals surface area contributed by atoms with Crippen molar-refractivity contribution in [1.82, 2.24) is 4.98 Å². The van der Waals surface area contributed by atoms with Crippen molar-refractivity contribution in [2.45, 2.75) is 39.5 Å². The lowest BCUT2D eigenvalue weighted by Crippen LogP contribution is -2.36. The number of hydrogen-bond acceptors (Lipinski definition) is 2. The first kappa shape index (κ1) is 10.5. The largest absolute Gasteiger partial charge is 0.370 e. The van der Waals surface area contributed by atoms with Gasteiger partial charge in [0.05, 0.1) is 0 Å². The maximum absolute atomic E-state index is 4.36. The molecular weight excluding hydrogens is 184 g/mol. The van der Waals surface area contributed by atoms with Gasteiger partial charge in [-0.3, -0.25) is 0 Å². The van der Waals surface area contributed by atoms with E-state index in [1.165, 1.54) is 31.2 Å². The van der Waals surface area contributed by atoms with Crippen molar-refractivity contribution in [3.05, 3.63) is 23.9 Å². The number of rotatable bonds is 4. The molecule has 0 bridgehead atoms. The molecule has 0 aliphatic heterocycles. The van der Waals surface area contributed by atoms with Crippen molar-refractivity contribution in [3.63, 3.8) is 0 Å². The number of aryl methyl sites for hydroxylation is 1. The Morgan fingerprint density at radius 3 is 2.67 bits per heavy atom. The first-order valence-corrected chi connectivity index (χ1v) is 5.91. The Kier molecular flexibility index (Phi) is 2.94. The van der Waals surface area contributed by atoms with Crippen LogP contribution in [0.4, 0.5) is 5.82 Å². The zero-order chi connectivity index (χ0) is 10.7. The van der Waals surface area contributed by atoms with Crippen molar-refractivity contribution in [1.29, 1.82) is 0 Å². The van der Waals surface area contributed by atoms with E-state index in [0.717, 1.165) is 12.4 Å². The summed E-state index contributed by atoms with van der Waals surface area (Å²) >= 11 is 0. The molecule has 0 saturated heterocycles. The average molecular weight is 204 g/mol. The molecule has 2 heteroatoms. The van der Waals surface area contributed by atoms with E-state index < -0.39 is 0 Å². The van der Waals surface area contributed by atoms with E-state index >= 15 is 0 Å². The van der Waals surface area contributed by atoms with E-state index in [-0.39, 0.29) is 0 Å². The molecule has 2 rings (SSSR count). The molecule has 1 N–H and O–H groups in total. The molecule has 0 aromatic carbocycles. The summed E-state index contributed by atoms with van der Waals surface area (Å²) in [6.45, 7) is 5.44. The molecule has 0 spiro atoms. The highest BCUT2D eigenvalue weighted by atomic mass is 15.0. The molecule has 1 aliphatic rings. The second-order valence-corrected chi connectivity index (χ2v) is 4.78. The number of nitrogens with zero attached hydrogens (tertiary/aromatic N) is 1. The topological polar surface area (TPSA) is 24.9 Å². The van der Waals surface area contributed by atoms with Crippen molar-refractivity contribution in [3.8, 4) is 0 Å². The minimum atomic E-state index is 0.562. The van der Waals surface area contributed by atoms with Gasteiger partial charge in [-0.2, -0.15) is 0 Å². The fraction of sp³-hybridized carbons (Fsp3) is 0.615. The Bertz CT molecular complexity index is 306.